The van der Waals surface area contributed by atoms with Crippen molar-refractivity contribution >= 4 is 17.6 Å². The molecule has 0 aliphatic heterocycles. The molecule has 0 bridgehead atoms. The Kier molecular flexibility index (Phi) is 5.36. The van der Waals surface area contributed by atoms with Crippen molar-refractivity contribution in [2.24, 2.45) is 5.92 Å². The Morgan fingerprint density at radius 1 is 1.33 bits per heavy atom. The molecule has 1 atom stereocenters. The molecule has 1 rings (SSSR count). The molecule has 98 valence electrons. The molecule has 1 amide bonds. The Hall–Kier alpha value is -1.84. The summed E-state index contributed by atoms with van der Waals surface area (Å²) < 4.78 is 0. The molecule has 0 radical (unpaired) electrons. The SMILES string of the molecule is CCCCC(C)C(=O)Nc1ccccc1C(=O)O. The van der Waals surface area contributed by atoms with Gasteiger partial charge in [0.15, 0.2) is 0 Å². The van der Waals surface area contributed by atoms with E-state index in [1.54, 1.807) is 18.2 Å². The number of unbranched alkanes of at least 4 members (excludes halogenated alkanes) is 1. The Labute approximate surface area is 107 Å². The van der Waals surface area contributed by atoms with Crippen molar-refractivity contribution in [3.63, 3.8) is 0 Å². The van der Waals surface area contributed by atoms with Gasteiger partial charge in [-0.05, 0) is 18.6 Å². The number of nitrogens with one attached hydrogen (secondary N) is 1. The maximum absolute atomic E-state index is 11.9. The molecule has 4 heteroatoms. The Morgan fingerprint density at radius 3 is 2.61 bits per heavy atom. The van der Waals surface area contributed by atoms with Crippen molar-refractivity contribution in [3.8, 4) is 0 Å². The van der Waals surface area contributed by atoms with Gasteiger partial charge < -0.3 is 10.4 Å². The van der Waals surface area contributed by atoms with Gasteiger partial charge in [-0.2, -0.15) is 0 Å². The highest BCUT2D eigenvalue weighted by Gasteiger charge is 2.15. The van der Waals surface area contributed by atoms with Crippen molar-refractivity contribution in [2.45, 2.75) is 33.1 Å². The van der Waals surface area contributed by atoms with Crippen LogP contribution in [0, 0.1) is 5.92 Å². The minimum atomic E-state index is -1.04. The van der Waals surface area contributed by atoms with Crippen LogP contribution in [0.2, 0.25) is 0 Å². The lowest BCUT2D eigenvalue weighted by molar-refractivity contribution is -0.119. The molecule has 2 N–H and O–H groups in total. The molecule has 18 heavy (non-hydrogen) atoms. The molecule has 1 aromatic carbocycles. The van der Waals surface area contributed by atoms with E-state index in [0.29, 0.717) is 5.69 Å². The van der Waals surface area contributed by atoms with Crippen LogP contribution in [0.5, 0.6) is 0 Å². The fourth-order valence-electron chi connectivity index (χ4n) is 1.68. The van der Waals surface area contributed by atoms with Crippen LogP contribution in [0.15, 0.2) is 24.3 Å². The number of carbonyl (C=O) groups excluding carboxylic acids is 1. The van der Waals surface area contributed by atoms with E-state index in [9.17, 15) is 9.59 Å². The van der Waals surface area contributed by atoms with Crippen molar-refractivity contribution < 1.29 is 14.7 Å². The first-order valence-electron chi connectivity index (χ1n) is 6.19. The average molecular weight is 249 g/mol. The van der Waals surface area contributed by atoms with Crippen molar-refractivity contribution in [1.29, 1.82) is 0 Å². The summed E-state index contributed by atoms with van der Waals surface area (Å²) in [5, 5.41) is 11.7. The first-order chi connectivity index (χ1) is 8.56. The van der Waals surface area contributed by atoms with E-state index in [-0.39, 0.29) is 17.4 Å². The van der Waals surface area contributed by atoms with Crippen LogP contribution in [0.3, 0.4) is 0 Å². The zero-order valence-corrected chi connectivity index (χ0v) is 10.8. The predicted molar refractivity (Wildman–Crippen MR) is 70.7 cm³/mol. The van der Waals surface area contributed by atoms with E-state index in [1.165, 1.54) is 6.07 Å². The summed E-state index contributed by atoms with van der Waals surface area (Å²) >= 11 is 0. The van der Waals surface area contributed by atoms with Gasteiger partial charge in [-0.1, -0.05) is 38.8 Å². The van der Waals surface area contributed by atoms with Crippen LogP contribution in [-0.2, 0) is 4.79 Å². The van der Waals surface area contributed by atoms with Crippen LogP contribution in [-0.4, -0.2) is 17.0 Å². The molecule has 0 aliphatic rings. The number of carboxylic acids is 1. The Balaban J connectivity index is 2.72. The number of carbonyl (C=O) groups is 2. The maximum atomic E-state index is 11.9. The van der Waals surface area contributed by atoms with Gasteiger partial charge in [-0.3, -0.25) is 4.79 Å². The van der Waals surface area contributed by atoms with Gasteiger partial charge >= 0.3 is 5.97 Å². The highest BCUT2D eigenvalue weighted by atomic mass is 16.4. The topological polar surface area (TPSA) is 66.4 Å². The Morgan fingerprint density at radius 2 is 2.00 bits per heavy atom. The molecule has 0 aromatic heterocycles. The van der Waals surface area contributed by atoms with E-state index < -0.39 is 5.97 Å². The van der Waals surface area contributed by atoms with Gasteiger partial charge in [-0.15, -0.1) is 0 Å². The number of aromatic carboxylic acids is 1. The van der Waals surface area contributed by atoms with Gasteiger partial charge in [0, 0.05) is 5.92 Å². The number of amides is 1. The second-order valence-corrected chi connectivity index (χ2v) is 4.38. The summed E-state index contributed by atoms with van der Waals surface area (Å²) in [5.74, 6) is -1.27. The fraction of sp³-hybridized carbons (Fsp3) is 0.429. The Bertz CT molecular complexity index is 429. The van der Waals surface area contributed by atoms with Crippen molar-refractivity contribution in [2.75, 3.05) is 5.32 Å². The molecule has 0 aliphatic carbocycles. The van der Waals surface area contributed by atoms with Gasteiger partial charge in [0.2, 0.25) is 5.91 Å². The number of anilines is 1. The number of hydrogen-bond acceptors (Lipinski definition) is 2. The van der Waals surface area contributed by atoms with Gasteiger partial charge in [0.05, 0.1) is 11.3 Å². The standard InChI is InChI=1S/C14H19NO3/c1-3-4-7-10(2)13(16)15-12-9-6-5-8-11(12)14(17)18/h5-6,8-10H,3-4,7H2,1-2H3,(H,15,16)(H,17,18). The van der Waals surface area contributed by atoms with Crippen LogP contribution in [0.4, 0.5) is 5.69 Å². The minimum absolute atomic E-state index is 0.105. The second-order valence-electron chi connectivity index (χ2n) is 4.38. The second kappa shape index (κ2) is 6.79. The quantitative estimate of drug-likeness (QED) is 0.813. The molecule has 0 spiro atoms. The minimum Gasteiger partial charge on any atom is -0.478 e. The third-order valence-electron chi connectivity index (χ3n) is 2.85. The number of para-hydroxylation sites is 1. The number of benzene rings is 1. The molecule has 0 saturated carbocycles. The zero-order valence-electron chi connectivity index (χ0n) is 10.8. The summed E-state index contributed by atoms with van der Waals surface area (Å²) in [4.78, 5) is 22.9. The fourth-order valence-corrected chi connectivity index (χ4v) is 1.68. The highest BCUT2D eigenvalue weighted by molar-refractivity contribution is 6.01. The van der Waals surface area contributed by atoms with E-state index in [4.69, 9.17) is 5.11 Å². The molecule has 4 nitrogen and oxygen atoms in total. The molecular formula is C14H19NO3. The smallest absolute Gasteiger partial charge is 0.337 e. The van der Waals surface area contributed by atoms with E-state index in [1.807, 2.05) is 6.92 Å². The van der Waals surface area contributed by atoms with E-state index in [2.05, 4.69) is 12.2 Å². The van der Waals surface area contributed by atoms with Crippen LogP contribution in [0.25, 0.3) is 0 Å². The summed E-state index contributed by atoms with van der Waals surface area (Å²) in [7, 11) is 0. The molecule has 1 unspecified atom stereocenters. The van der Waals surface area contributed by atoms with Crippen molar-refractivity contribution in [1.82, 2.24) is 0 Å². The lowest BCUT2D eigenvalue weighted by atomic mass is 10.0. The van der Waals surface area contributed by atoms with Gasteiger partial charge in [0.1, 0.15) is 0 Å². The molecule has 1 aromatic rings. The third kappa shape index (κ3) is 3.87. The normalized spacial score (nSPS) is 11.9. The summed E-state index contributed by atoms with van der Waals surface area (Å²) in [6, 6.07) is 6.43. The molecule has 0 saturated heterocycles. The maximum Gasteiger partial charge on any atom is 0.337 e. The van der Waals surface area contributed by atoms with Crippen LogP contribution in [0.1, 0.15) is 43.5 Å². The average Bonchev–Trinajstić information content (AvgIpc) is 2.36. The van der Waals surface area contributed by atoms with E-state index in [0.717, 1.165) is 19.3 Å². The van der Waals surface area contributed by atoms with Crippen LogP contribution >= 0.6 is 0 Å². The molecular weight excluding hydrogens is 230 g/mol. The number of rotatable bonds is 6. The lowest BCUT2D eigenvalue weighted by Crippen LogP contribution is -2.21. The monoisotopic (exact) mass is 249 g/mol. The molecule has 0 fully saturated rings. The first-order valence-corrected chi connectivity index (χ1v) is 6.19. The predicted octanol–water partition coefficient (Wildman–Crippen LogP) is 3.15. The third-order valence-corrected chi connectivity index (χ3v) is 2.85. The molecule has 0 heterocycles. The van der Waals surface area contributed by atoms with E-state index >= 15 is 0 Å². The largest absolute Gasteiger partial charge is 0.478 e. The van der Waals surface area contributed by atoms with Crippen molar-refractivity contribution in [3.05, 3.63) is 29.8 Å². The number of hydrogen-bond donors (Lipinski definition) is 2. The number of carboxylic acid groups (broad SMARTS) is 1. The van der Waals surface area contributed by atoms with Gasteiger partial charge in [-0.25, -0.2) is 4.79 Å². The summed E-state index contributed by atoms with van der Waals surface area (Å²) in [5.41, 5.74) is 0.479. The highest BCUT2D eigenvalue weighted by Crippen LogP contribution is 2.17. The zero-order chi connectivity index (χ0) is 13.5. The van der Waals surface area contributed by atoms with Gasteiger partial charge in [0.25, 0.3) is 0 Å². The summed E-state index contributed by atoms with van der Waals surface area (Å²) in [6.45, 7) is 3.93. The lowest BCUT2D eigenvalue weighted by Gasteiger charge is -2.13. The first kappa shape index (κ1) is 14.2. The van der Waals surface area contributed by atoms with Crippen LogP contribution < -0.4 is 5.32 Å². The summed E-state index contributed by atoms with van der Waals surface area (Å²) in [6.07, 6.45) is 2.86.